The Balaban J connectivity index is 1.58. The summed E-state index contributed by atoms with van der Waals surface area (Å²) in [5.74, 6) is 0. The zero-order valence-electron chi connectivity index (χ0n) is 16.3. The molecule has 0 bridgehead atoms. The molecule has 0 spiro atoms. The molecule has 140 valence electrons. The average Bonchev–Trinajstić information content (AvgIpc) is 3.34. The van der Waals surface area contributed by atoms with Crippen LogP contribution in [0.3, 0.4) is 0 Å². The lowest BCUT2D eigenvalue weighted by molar-refractivity contribution is 1.18. The molecule has 2 heteroatoms. The number of nitrogens with one attached hydrogen (secondary N) is 1. The van der Waals surface area contributed by atoms with Gasteiger partial charge < -0.3 is 9.55 Å². The van der Waals surface area contributed by atoms with Crippen LogP contribution in [0.5, 0.6) is 0 Å². The quantitative estimate of drug-likeness (QED) is 0.302. The highest BCUT2D eigenvalue weighted by Gasteiger charge is 2.13. The summed E-state index contributed by atoms with van der Waals surface area (Å²) in [5.41, 5.74) is 6.00. The summed E-state index contributed by atoms with van der Waals surface area (Å²) in [6.07, 6.45) is 0. The van der Waals surface area contributed by atoms with E-state index in [1.54, 1.807) is 0 Å². The lowest BCUT2D eigenvalue weighted by Gasteiger charge is -2.08. The Bertz CT molecular complexity index is 1690. The molecule has 1 N–H and O–H groups in total. The lowest BCUT2D eigenvalue weighted by atomic mass is 10.0. The van der Waals surface area contributed by atoms with Crippen molar-refractivity contribution in [1.29, 1.82) is 0 Å². The third-order valence-corrected chi connectivity index (χ3v) is 6.31. The summed E-state index contributed by atoms with van der Waals surface area (Å²) >= 11 is 0. The van der Waals surface area contributed by atoms with E-state index in [9.17, 15) is 0 Å². The van der Waals surface area contributed by atoms with Gasteiger partial charge in [0, 0.05) is 38.3 Å². The fraction of sp³-hybridized carbons (Fsp3) is 0. The van der Waals surface area contributed by atoms with Crippen LogP contribution in [0.1, 0.15) is 0 Å². The van der Waals surface area contributed by atoms with E-state index in [-0.39, 0.29) is 0 Å². The number of nitrogens with zero attached hydrogens (tertiary/aromatic N) is 1. The van der Waals surface area contributed by atoms with Crippen LogP contribution in [0.25, 0.3) is 60.1 Å². The van der Waals surface area contributed by atoms with Gasteiger partial charge in [0.25, 0.3) is 0 Å². The second-order valence-electron chi connectivity index (χ2n) is 7.93. The molecule has 7 aromatic rings. The highest BCUT2D eigenvalue weighted by molar-refractivity contribution is 6.20. The Hall–Kier alpha value is -4.04. The maximum atomic E-state index is 3.66. The fourth-order valence-corrected chi connectivity index (χ4v) is 5.00. The van der Waals surface area contributed by atoms with Crippen molar-refractivity contribution in [2.75, 3.05) is 0 Å². The highest BCUT2D eigenvalue weighted by Crippen LogP contribution is 2.36. The Morgan fingerprint density at radius 2 is 1.17 bits per heavy atom. The van der Waals surface area contributed by atoms with Crippen LogP contribution in [-0.4, -0.2) is 9.55 Å². The van der Waals surface area contributed by atoms with Crippen LogP contribution in [0.4, 0.5) is 0 Å². The van der Waals surface area contributed by atoms with Gasteiger partial charge in [-0.3, -0.25) is 0 Å². The second kappa shape index (κ2) is 5.74. The number of benzene rings is 5. The van der Waals surface area contributed by atoms with Crippen LogP contribution in [0.2, 0.25) is 0 Å². The predicted molar refractivity (Wildman–Crippen MR) is 128 cm³/mol. The van der Waals surface area contributed by atoms with Crippen molar-refractivity contribution in [3.63, 3.8) is 0 Å². The Kier molecular flexibility index (Phi) is 3.03. The van der Waals surface area contributed by atoms with Gasteiger partial charge in [-0.2, -0.15) is 0 Å². The van der Waals surface area contributed by atoms with Crippen LogP contribution in [0.15, 0.2) is 103 Å². The van der Waals surface area contributed by atoms with E-state index >= 15 is 0 Å². The third kappa shape index (κ3) is 2.03. The molecule has 0 aliphatic heterocycles. The average molecular weight is 382 g/mol. The number of fused-ring (bicyclic) bond motifs is 8. The third-order valence-electron chi connectivity index (χ3n) is 6.31. The minimum atomic E-state index is 1.17. The molecule has 2 aromatic heterocycles. The zero-order valence-corrected chi connectivity index (χ0v) is 16.3. The SMILES string of the molecule is c1ccc2c(c1)ccc1[nH]c3cc(-n4c5ccccc5c5ccccc54)ccc3c12. The first kappa shape index (κ1) is 15.8. The Labute approximate surface area is 173 Å². The van der Waals surface area contributed by atoms with E-state index in [0.29, 0.717) is 0 Å². The van der Waals surface area contributed by atoms with Gasteiger partial charge in [-0.25, -0.2) is 0 Å². The smallest absolute Gasteiger partial charge is 0.0541 e. The molecular weight excluding hydrogens is 364 g/mol. The van der Waals surface area contributed by atoms with E-state index in [0.717, 1.165) is 0 Å². The number of aromatic amines is 1. The van der Waals surface area contributed by atoms with Crippen molar-refractivity contribution < 1.29 is 0 Å². The summed E-state index contributed by atoms with van der Waals surface area (Å²) in [6.45, 7) is 0. The molecule has 0 atom stereocenters. The molecule has 0 fully saturated rings. The summed E-state index contributed by atoms with van der Waals surface area (Å²) in [6, 6.07) is 37.1. The van der Waals surface area contributed by atoms with Crippen LogP contribution >= 0.6 is 0 Å². The van der Waals surface area contributed by atoms with Gasteiger partial charge in [-0.05, 0) is 41.1 Å². The van der Waals surface area contributed by atoms with Crippen LogP contribution in [-0.2, 0) is 0 Å². The number of H-pyrrole nitrogens is 1. The number of hydrogen-bond donors (Lipinski definition) is 1. The van der Waals surface area contributed by atoms with Gasteiger partial charge in [0.15, 0.2) is 0 Å². The van der Waals surface area contributed by atoms with E-state index in [2.05, 4.69) is 113 Å². The molecule has 30 heavy (non-hydrogen) atoms. The molecule has 0 saturated heterocycles. The monoisotopic (exact) mass is 382 g/mol. The van der Waals surface area contributed by atoms with Crippen molar-refractivity contribution in [2.24, 2.45) is 0 Å². The standard InChI is InChI=1S/C28H18N2/c1-2-8-20-18(7-1)13-16-24-28(20)23-15-14-19(17-25(23)29-24)30-26-11-5-3-9-21(26)22-10-4-6-12-27(22)30/h1-17,29H. The van der Waals surface area contributed by atoms with Gasteiger partial charge >= 0.3 is 0 Å². The second-order valence-corrected chi connectivity index (χ2v) is 7.93. The number of hydrogen-bond acceptors (Lipinski definition) is 0. The summed E-state index contributed by atoms with van der Waals surface area (Å²) < 4.78 is 2.37. The van der Waals surface area contributed by atoms with E-state index in [1.165, 1.54) is 60.1 Å². The number of para-hydroxylation sites is 2. The molecule has 0 saturated carbocycles. The van der Waals surface area contributed by atoms with Crippen LogP contribution < -0.4 is 0 Å². The molecule has 0 aliphatic carbocycles. The first-order valence-corrected chi connectivity index (χ1v) is 10.3. The maximum absolute atomic E-state index is 3.66. The highest BCUT2D eigenvalue weighted by atomic mass is 15.0. The fourth-order valence-electron chi connectivity index (χ4n) is 5.00. The molecule has 0 amide bonds. The number of aromatic nitrogens is 2. The van der Waals surface area contributed by atoms with Crippen LogP contribution in [0, 0.1) is 0 Å². The van der Waals surface area contributed by atoms with Gasteiger partial charge in [0.05, 0.1) is 11.0 Å². The van der Waals surface area contributed by atoms with E-state index in [1.807, 2.05) is 0 Å². The van der Waals surface area contributed by atoms with Crippen molar-refractivity contribution in [3.05, 3.63) is 103 Å². The van der Waals surface area contributed by atoms with Gasteiger partial charge in [0.2, 0.25) is 0 Å². The molecule has 7 rings (SSSR count). The number of rotatable bonds is 1. The van der Waals surface area contributed by atoms with Gasteiger partial charge in [0.1, 0.15) is 0 Å². The van der Waals surface area contributed by atoms with Gasteiger partial charge in [-0.1, -0.05) is 72.8 Å². The minimum Gasteiger partial charge on any atom is -0.354 e. The molecule has 0 radical (unpaired) electrons. The lowest BCUT2D eigenvalue weighted by Crippen LogP contribution is -1.93. The molecular formula is C28H18N2. The molecule has 2 nitrogen and oxygen atoms in total. The van der Waals surface area contributed by atoms with Crippen molar-refractivity contribution in [3.8, 4) is 5.69 Å². The Morgan fingerprint density at radius 1 is 0.500 bits per heavy atom. The minimum absolute atomic E-state index is 1.17. The maximum Gasteiger partial charge on any atom is 0.0541 e. The zero-order chi connectivity index (χ0) is 19.7. The van der Waals surface area contributed by atoms with Crippen molar-refractivity contribution in [2.45, 2.75) is 0 Å². The molecule has 5 aromatic carbocycles. The largest absolute Gasteiger partial charge is 0.354 e. The predicted octanol–water partition coefficient (Wildman–Crippen LogP) is 7.57. The normalized spacial score (nSPS) is 12.0. The summed E-state index contributed by atoms with van der Waals surface area (Å²) in [7, 11) is 0. The van der Waals surface area contributed by atoms with Crippen molar-refractivity contribution >= 4 is 54.4 Å². The first-order chi connectivity index (χ1) is 14.9. The molecule has 0 unspecified atom stereocenters. The van der Waals surface area contributed by atoms with Crippen molar-refractivity contribution in [1.82, 2.24) is 9.55 Å². The summed E-state index contributed by atoms with van der Waals surface area (Å²) in [4.78, 5) is 3.66. The first-order valence-electron chi connectivity index (χ1n) is 10.3. The molecule has 0 aliphatic rings. The van der Waals surface area contributed by atoms with Gasteiger partial charge in [-0.15, -0.1) is 0 Å². The van der Waals surface area contributed by atoms with E-state index < -0.39 is 0 Å². The molecule has 2 heterocycles. The van der Waals surface area contributed by atoms with E-state index in [4.69, 9.17) is 0 Å². The summed E-state index contributed by atoms with van der Waals surface area (Å²) in [5, 5.41) is 7.72. The topological polar surface area (TPSA) is 20.7 Å². The Morgan fingerprint density at radius 3 is 1.93 bits per heavy atom.